The fraction of sp³-hybridized carbons (Fsp3) is 0.182. The summed E-state index contributed by atoms with van der Waals surface area (Å²) in [5, 5.41) is 2.99. The normalized spacial score (nSPS) is 10.6. The molecule has 3 nitrogen and oxygen atoms in total. The second-order valence-electron chi connectivity index (χ2n) is 3.37. The summed E-state index contributed by atoms with van der Waals surface area (Å²) < 4.78 is 28.5. The molecule has 2 rings (SSSR count). The fourth-order valence-electron chi connectivity index (χ4n) is 1.48. The molecular weight excluding hydrogens is 292 g/mol. The number of hydrogen-bond acceptors (Lipinski definition) is 2. The Morgan fingerprint density at radius 1 is 1.35 bits per heavy atom. The van der Waals surface area contributed by atoms with Gasteiger partial charge in [-0.25, -0.2) is 13.8 Å². The van der Waals surface area contributed by atoms with Crippen LogP contribution in [0.1, 0.15) is 6.92 Å². The Balaban J connectivity index is 2.52. The van der Waals surface area contributed by atoms with E-state index in [-0.39, 0.29) is 10.2 Å². The SMILES string of the molecule is CCNc1nccn1-c1cc(Br)c(F)cc1F. The number of anilines is 1. The van der Waals surface area contributed by atoms with Gasteiger partial charge in [0.15, 0.2) is 0 Å². The molecule has 2 aromatic rings. The largest absolute Gasteiger partial charge is 0.356 e. The summed E-state index contributed by atoms with van der Waals surface area (Å²) in [6.07, 6.45) is 3.16. The number of aromatic nitrogens is 2. The summed E-state index contributed by atoms with van der Waals surface area (Å²) in [4.78, 5) is 4.05. The quantitative estimate of drug-likeness (QED) is 0.881. The van der Waals surface area contributed by atoms with E-state index in [0.717, 1.165) is 6.07 Å². The average molecular weight is 302 g/mol. The molecule has 0 radical (unpaired) electrons. The number of imidazole rings is 1. The van der Waals surface area contributed by atoms with Crippen molar-refractivity contribution in [2.75, 3.05) is 11.9 Å². The van der Waals surface area contributed by atoms with Gasteiger partial charge in [0, 0.05) is 25.0 Å². The van der Waals surface area contributed by atoms with E-state index < -0.39 is 11.6 Å². The Morgan fingerprint density at radius 3 is 2.82 bits per heavy atom. The summed E-state index contributed by atoms with van der Waals surface area (Å²) >= 11 is 3.03. The van der Waals surface area contributed by atoms with Crippen LogP contribution < -0.4 is 5.32 Å². The first-order valence-electron chi connectivity index (χ1n) is 5.05. The molecule has 0 amide bonds. The van der Waals surface area contributed by atoms with Crippen LogP contribution in [0.25, 0.3) is 5.69 Å². The highest BCUT2D eigenvalue weighted by Gasteiger charge is 2.12. The predicted molar refractivity (Wildman–Crippen MR) is 65.3 cm³/mol. The average Bonchev–Trinajstić information content (AvgIpc) is 2.72. The lowest BCUT2D eigenvalue weighted by Crippen LogP contribution is -2.06. The van der Waals surface area contributed by atoms with E-state index in [4.69, 9.17) is 0 Å². The molecule has 17 heavy (non-hydrogen) atoms. The molecule has 0 aliphatic carbocycles. The lowest BCUT2D eigenvalue weighted by Gasteiger charge is -2.10. The molecule has 1 aromatic heterocycles. The van der Waals surface area contributed by atoms with Gasteiger partial charge in [-0.15, -0.1) is 0 Å². The fourth-order valence-corrected chi connectivity index (χ4v) is 1.81. The van der Waals surface area contributed by atoms with Gasteiger partial charge in [-0.1, -0.05) is 0 Å². The molecule has 1 N–H and O–H groups in total. The second kappa shape index (κ2) is 4.83. The van der Waals surface area contributed by atoms with Gasteiger partial charge >= 0.3 is 0 Å². The highest BCUT2D eigenvalue weighted by Crippen LogP contribution is 2.24. The minimum absolute atomic E-state index is 0.213. The van der Waals surface area contributed by atoms with Crippen LogP contribution in [-0.2, 0) is 0 Å². The summed E-state index contributed by atoms with van der Waals surface area (Å²) in [7, 11) is 0. The Hall–Kier alpha value is -1.43. The summed E-state index contributed by atoms with van der Waals surface area (Å²) in [5.41, 5.74) is 0.242. The van der Waals surface area contributed by atoms with Crippen LogP contribution in [0.4, 0.5) is 14.7 Å². The molecule has 0 spiro atoms. The highest BCUT2D eigenvalue weighted by atomic mass is 79.9. The van der Waals surface area contributed by atoms with Crippen molar-refractivity contribution in [2.24, 2.45) is 0 Å². The van der Waals surface area contributed by atoms with E-state index in [9.17, 15) is 8.78 Å². The summed E-state index contributed by atoms with van der Waals surface area (Å²) in [5.74, 6) is -0.746. The first-order valence-corrected chi connectivity index (χ1v) is 5.85. The Labute approximate surface area is 106 Å². The van der Waals surface area contributed by atoms with Crippen LogP contribution in [0.15, 0.2) is 29.0 Å². The van der Waals surface area contributed by atoms with E-state index in [1.165, 1.54) is 10.6 Å². The molecule has 0 saturated heterocycles. The zero-order valence-electron chi connectivity index (χ0n) is 9.04. The highest BCUT2D eigenvalue weighted by molar-refractivity contribution is 9.10. The maximum atomic E-state index is 13.7. The van der Waals surface area contributed by atoms with Crippen LogP contribution in [0.5, 0.6) is 0 Å². The second-order valence-corrected chi connectivity index (χ2v) is 4.22. The minimum atomic E-state index is -0.636. The maximum Gasteiger partial charge on any atom is 0.207 e. The third kappa shape index (κ3) is 2.31. The predicted octanol–water partition coefficient (Wildman–Crippen LogP) is 3.34. The van der Waals surface area contributed by atoms with Gasteiger partial charge in [0.25, 0.3) is 0 Å². The Morgan fingerprint density at radius 2 is 2.12 bits per heavy atom. The van der Waals surface area contributed by atoms with Crippen molar-refractivity contribution >= 4 is 21.9 Å². The lowest BCUT2D eigenvalue weighted by molar-refractivity contribution is 0.574. The van der Waals surface area contributed by atoms with Crippen molar-refractivity contribution in [2.45, 2.75) is 6.92 Å². The van der Waals surface area contributed by atoms with Gasteiger partial charge in [0.2, 0.25) is 5.95 Å². The van der Waals surface area contributed by atoms with Crippen molar-refractivity contribution < 1.29 is 8.78 Å². The first kappa shape index (κ1) is 12.0. The molecule has 0 fully saturated rings. The van der Waals surface area contributed by atoms with Crippen molar-refractivity contribution in [3.8, 4) is 5.69 Å². The zero-order chi connectivity index (χ0) is 12.4. The number of halogens is 3. The first-order chi connectivity index (χ1) is 8.13. The molecule has 0 bridgehead atoms. The Kier molecular flexibility index (Phi) is 3.42. The van der Waals surface area contributed by atoms with E-state index >= 15 is 0 Å². The summed E-state index contributed by atoms with van der Waals surface area (Å²) in [6, 6.07) is 2.22. The molecule has 0 saturated carbocycles. The molecule has 0 atom stereocenters. The zero-order valence-corrected chi connectivity index (χ0v) is 10.6. The van der Waals surface area contributed by atoms with Crippen LogP contribution in [0.2, 0.25) is 0 Å². The maximum absolute atomic E-state index is 13.7. The number of nitrogens with zero attached hydrogens (tertiary/aromatic N) is 2. The molecule has 0 aliphatic rings. The van der Waals surface area contributed by atoms with Gasteiger partial charge < -0.3 is 5.32 Å². The molecule has 1 heterocycles. The molecule has 0 unspecified atom stereocenters. The molecular formula is C11H10BrF2N3. The summed E-state index contributed by atoms with van der Waals surface area (Å²) in [6.45, 7) is 2.58. The number of rotatable bonds is 3. The molecule has 1 aromatic carbocycles. The molecule has 6 heteroatoms. The van der Waals surface area contributed by atoms with Crippen molar-refractivity contribution in [1.82, 2.24) is 9.55 Å². The van der Waals surface area contributed by atoms with E-state index in [0.29, 0.717) is 12.5 Å². The van der Waals surface area contributed by atoms with E-state index in [2.05, 4.69) is 26.2 Å². The van der Waals surface area contributed by atoms with Gasteiger partial charge in [-0.05, 0) is 28.9 Å². The monoisotopic (exact) mass is 301 g/mol. The number of hydrogen-bond donors (Lipinski definition) is 1. The lowest BCUT2D eigenvalue weighted by atomic mass is 10.3. The van der Waals surface area contributed by atoms with Gasteiger partial charge in [-0.2, -0.15) is 0 Å². The van der Waals surface area contributed by atoms with Crippen molar-refractivity contribution in [3.05, 3.63) is 40.6 Å². The van der Waals surface area contributed by atoms with Crippen LogP contribution >= 0.6 is 15.9 Å². The van der Waals surface area contributed by atoms with Crippen LogP contribution in [-0.4, -0.2) is 16.1 Å². The van der Waals surface area contributed by atoms with E-state index in [1.807, 2.05) is 6.92 Å². The topological polar surface area (TPSA) is 29.9 Å². The third-order valence-electron chi connectivity index (χ3n) is 2.22. The van der Waals surface area contributed by atoms with Gasteiger partial charge in [-0.3, -0.25) is 4.57 Å². The molecule has 0 aliphatic heterocycles. The van der Waals surface area contributed by atoms with Crippen LogP contribution in [0.3, 0.4) is 0 Å². The van der Waals surface area contributed by atoms with Gasteiger partial charge in [0.05, 0.1) is 10.2 Å². The molecule has 90 valence electrons. The minimum Gasteiger partial charge on any atom is -0.356 e. The van der Waals surface area contributed by atoms with E-state index in [1.54, 1.807) is 12.4 Å². The van der Waals surface area contributed by atoms with Gasteiger partial charge in [0.1, 0.15) is 11.6 Å². The number of nitrogens with one attached hydrogen (secondary N) is 1. The third-order valence-corrected chi connectivity index (χ3v) is 2.83. The van der Waals surface area contributed by atoms with Crippen LogP contribution in [0, 0.1) is 11.6 Å². The number of benzene rings is 1. The van der Waals surface area contributed by atoms with Crippen molar-refractivity contribution in [1.29, 1.82) is 0 Å². The smallest absolute Gasteiger partial charge is 0.207 e. The Bertz CT molecular complexity index is 540. The van der Waals surface area contributed by atoms with Crippen molar-refractivity contribution in [3.63, 3.8) is 0 Å². The standard InChI is InChI=1S/C11H10BrF2N3/c1-2-15-11-16-3-4-17(11)10-5-7(12)8(13)6-9(10)14/h3-6H,2H2,1H3,(H,15,16).